The van der Waals surface area contributed by atoms with Crippen LogP contribution in [0.2, 0.25) is 0 Å². The maximum Gasteiger partial charge on any atom is 0.319 e. The van der Waals surface area contributed by atoms with Crippen LogP contribution in [0.15, 0.2) is 48.5 Å². The molecule has 0 aliphatic heterocycles. The van der Waals surface area contributed by atoms with Gasteiger partial charge >= 0.3 is 6.03 Å². The molecule has 116 valence electrons. The van der Waals surface area contributed by atoms with Crippen molar-refractivity contribution in [3.05, 3.63) is 54.1 Å². The topological polar surface area (TPSA) is 59.6 Å². The van der Waals surface area contributed by atoms with Gasteiger partial charge in [-0.15, -0.1) is 0 Å². The van der Waals surface area contributed by atoms with Crippen LogP contribution in [0.3, 0.4) is 0 Å². The number of anilines is 1. The molecule has 22 heavy (non-hydrogen) atoms. The van der Waals surface area contributed by atoms with Crippen LogP contribution in [-0.2, 0) is 0 Å². The maximum absolute atomic E-state index is 12.1. The molecule has 0 aliphatic rings. The van der Waals surface area contributed by atoms with Gasteiger partial charge in [0.25, 0.3) is 0 Å². The number of urea groups is 1. The summed E-state index contributed by atoms with van der Waals surface area (Å²) in [4.78, 5) is 12.1. The van der Waals surface area contributed by atoms with Gasteiger partial charge in [0, 0.05) is 5.56 Å². The number of carbonyl (C=O) groups excluding carboxylic acids is 1. The number of hydrogen-bond donors (Lipinski definition) is 2. The summed E-state index contributed by atoms with van der Waals surface area (Å²) in [6.07, 6.45) is 0. The highest BCUT2D eigenvalue weighted by Gasteiger charge is 2.14. The molecule has 0 saturated heterocycles. The number of amides is 2. The zero-order valence-corrected chi connectivity index (χ0v) is 12.9. The number of nitrogens with one attached hydrogen (secondary N) is 2. The Hall–Kier alpha value is -2.69. The van der Waals surface area contributed by atoms with Crippen molar-refractivity contribution in [2.24, 2.45) is 0 Å². The molecule has 0 saturated carbocycles. The Morgan fingerprint density at radius 3 is 2.23 bits per heavy atom. The van der Waals surface area contributed by atoms with Crippen molar-refractivity contribution in [3.63, 3.8) is 0 Å². The molecule has 0 radical (unpaired) electrons. The van der Waals surface area contributed by atoms with E-state index >= 15 is 0 Å². The minimum Gasteiger partial charge on any atom is -0.496 e. The first-order chi connectivity index (χ1) is 10.7. The van der Waals surface area contributed by atoms with Gasteiger partial charge in [0.1, 0.15) is 11.5 Å². The SMILES string of the molecule is COc1ccccc1NC(=O)NC(C)c1ccccc1OC. The predicted octanol–water partition coefficient (Wildman–Crippen LogP) is 3.59. The smallest absolute Gasteiger partial charge is 0.319 e. The summed E-state index contributed by atoms with van der Waals surface area (Å²) in [5.41, 5.74) is 1.54. The average molecular weight is 300 g/mol. The molecule has 0 heterocycles. The van der Waals surface area contributed by atoms with Gasteiger partial charge < -0.3 is 20.1 Å². The molecule has 5 nitrogen and oxygen atoms in total. The Morgan fingerprint density at radius 2 is 1.55 bits per heavy atom. The summed E-state index contributed by atoms with van der Waals surface area (Å²) >= 11 is 0. The van der Waals surface area contributed by atoms with E-state index in [9.17, 15) is 4.79 Å². The summed E-state index contributed by atoms with van der Waals surface area (Å²) in [5.74, 6) is 1.36. The summed E-state index contributed by atoms with van der Waals surface area (Å²) in [6, 6.07) is 14.4. The molecule has 5 heteroatoms. The van der Waals surface area contributed by atoms with Crippen LogP contribution in [0, 0.1) is 0 Å². The van der Waals surface area contributed by atoms with Gasteiger partial charge in [0.05, 0.1) is 25.9 Å². The van der Waals surface area contributed by atoms with Gasteiger partial charge in [-0.05, 0) is 25.1 Å². The highest BCUT2D eigenvalue weighted by molar-refractivity contribution is 5.91. The molecular formula is C17H20N2O3. The van der Waals surface area contributed by atoms with E-state index in [2.05, 4.69) is 10.6 Å². The van der Waals surface area contributed by atoms with Crippen molar-refractivity contribution in [2.45, 2.75) is 13.0 Å². The van der Waals surface area contributed by atoms with Gasteiger partial charge in [-0.3, -0.25) is 0 Å². The second-order valence-corrected chi connectivity index (χ2v) is 4.76. The first-order valence-electron chi connectivity index (χ1n) is 6.99. The van der Waals surface area contributed by atoms with Crippen molar-refractivity contribution < 1.29 is 14.3 Å². The minimum atomic E-state index is -0.303. The summed E-state index contributed by atoms with van der Waals surface area (Å²) in [6.45, 7) is 1.90. The first-order valence-corrected chi connectivity index (χ1v) is 6.99. The third kappa shape index (κ3) is 3.69. The van der Waals surface area contributed by atoms with Crippen molar-refractivity contribution in [1.29, 1.82) is 0 Å². The van der Waals surface area contributed by atoms with Gasteiger partial charge in [-0.1, -0.05) is 30.3 Å². The van der Waals surface area contributed by atoms with Gasteiger partial charge in [-0.2, -0.15) is 0 Å². The molecule has 1 unspecified atom stereocenters. The molecule has 0 aliphatic carbocycles. The Morgan fingerprint density at radius 1 is 0.955 bits per heavy atom. The third-order valence-electron chi connectivity index (χ3n) is 3.31. The number of rotatable bonds is 5. The third-order valence-corrected chi connectivity index (χ3v) is 3.31. The Kier molecular flexibility index (Phi) is 5.25. The van der Waals surface area contributed by atoms with Crippen LogP contribution in [-0.4, -0.2) is 20.3 Å². The largest absolute Gasteiger partial charge is 0.496 e. The first kappa shape index (κ1) is 15.7. The van der Waals surface area contributed by atoms with Crippen molar-refractivity contribution >= 4 is 11.7 Å². The fourth-order valence-electron chi connectivity index (χ4n) is 2.20. The van der Waals surface area contributed by atoms with E-state index in [1.165, 1.54) is 0 Å². The molecule has 1 atom stereocenters. The summed E-state index contributed by atoms with van der Waals surface area (Å²) in [7, 11) is 3.18. The molecule has 2 amide bonds. The lowest BCUT2D eigenvalue weighted by molar-refractivity contribution is 0.249. The van der Waals surface area contributed by atoms with E-state index < -0.39 is 0 Å². The zero-order valence-electron chi connectivity index (χ0n) is 12.9. The quantitative estimate of drug-likeness (QED) is 0.887. The Labute approximate surface area is 130 Å². The number of ether oxygens (including phenoxy) is 2. The Bertz CT molecular complexity index is 643. The van der Waals surface area contributed by atoms with Crippen LogP contribution in [0.25, 0.3) is 0 Å². The number of carbonyl (C=O) groups is 1. The summed E-state index contributed by atoms with van der Waals surface area (Å²) < 4.78 is 10.5. The fourth-order valence-corrected chi connectivity index (χ4v) is 2.20. The number of para-hydroxylation sites is 3. The lowest BCUT2D eigenvalue weighted by atomic mass is 10.1. The Balaban J connectivity index is 2.05. The molecule has 0 aromatic heterocycles. The number of hydrogen-bond acceptors (Lipinski definition) is 3. The predicted molar refractivity (Wildman–Crippen MR) is 86.6 cm³/mol. The molecule has 2 N–H and O–H groups in total. The van der Waals surface area contributed by atoms with Crippen LogP contribution < -0.4 is 20.1 Å². The molecule has 0 fully saturated rings. The normalized spacial score (nSPS) is 11.4. The fraction of sp³-hybridized carbons (Fsp3) is 0.235. The average Bonchev–Trinajstić information content (AvgIpc) is 2.55. The molecule has 2 rings (SSSR count). The highest BCUT2D eigenvalue weighted by atomic mass is 16.5. The zero-order chi connectivity index (χ0) is 15.9. The van der Waals surface area contributed by atoms with Crippen LogP contribution in [0.1, 0.15) is 18.5 Å². The second-order valence-electron chi connectivity index (χ2n) is 4.76. The number of benzene rings is 2. The standard InChI is InChI=1S/C17H20N2O3/c1-12(13-8-4-6-10-15(13)21-2)18-17(20)19-14-9-5-7-11-16(14)22-3/h4-12H,1-3H3,(H2,18,19,20). The van der Waals surface area contributed by atoms with E-state index in [0.717, 1.165) is 11.3 Å². The van der Waals surface area contributed by atoms with Gasteiger partial charge in [-0.25, -0.2) is 4.79 Å². The second kappa shape index (κ2) is 7.36. The van der Waals surface area contributed by atoms with Crippen molar-refractivity contribution in [3.8, 4) is 11.5 Å². The monoisotopic (exact) mass is 300 g/mol. The van der Waals surface area contributed by atoms with E-state index in [1.54, 1.807) is 26.4 Å². The van der Waals surface area contributed by atoms with Gasteiger partial charge in [0.2, 0.25) is 0 Å². The molecule has 2 aromatic carbocycles. The summed E-state index contributed by atoms with van der Waals surface area (Å²) in [5, 5.41) is 5.67. The lowest BCUT2D eigenvalue weighted by Gasteiger charge is -2.18. The minimum absolute atomic E-state index is 0.189. The number of methoxy groups -OCH3 is 2. The van der Waals surface area contributed by atoms with Crippen LogP contribution >= 0.6 is 0 Å². The molecule has 0 spiro atoms. The van der Waals surface area contributed by atoms with Crippen LogP contribution in [0.4, 0.5) is 10.5 Å². The highest BCUT2D eigenvalue weighted by Crippen LogP contribution is 2.25. The van der Waals surface area contributed by atoms with E-state index in [0.29, 0.717) is 11.4 Å². The van der Waals surface area contributed by atoms with E-state index in [-0.39, 0.29) is 12.1 Å². The van der Waals surface area contributed by atoms with E-state index in [4.69, 9.17) is 9.47 Å². The maximum atomic E-state index is 12.1. The molecular weight excluding hydrogens is 280 g/mol. The lowest BCUT2D eigenvalue weighted by Crippen LogP contribution is -2.31. The van der Waals surface area contributed by atoms with Gasteiger partial charge in [0.15, 0.2) is 0 Å². The van der Waals surface area contributed by atoms with E-state index in [1.807, 2.05) is 43.3 Å². The van der Waals surface area contributed by atoms with Crippen molar-refractivity contribution in [1.82, 2.24) is 5.32 Å². The molecule has 0 bridgehead atoms. The van der Waals surface area contributed by atoms with Crippen molar-refractivity contribution in [2.75, 3.05) is 19.5 Å². The van der Waals surface area contributed by atoms with Crippen LogP contribution in [0.5, 0.6) is 11.5 Å². The molecule has 2 aromatic rings.